The van der Waals surface area contributed by atoms with Crippen LogP contribution in [-0.4, -0.2) is 36.4 Å². The molecule has 3 atom stereocenters. The third kappa shape index (κ3) is 3.04. The van der Waals surface area contributed by atoms with Gasteiger partial charge < -0.3 is 15.2 Å². The van der Waals surface area contributed by atoms with Crippen LogP contribution in [0.4, 0.5) is 0 Å². The van der Waals surface area contributed by atoms with Crippen molar-refractivity contribution in [3.05, 3.63) is 0 Å². The fraction of sp³-hybridized carbons (Fsp3) is 0.929. The molecule has 0 aromatic rings. The number of ether oxygens (including phenoxy) is 1. The number of hydrogen-bond donors (Lipinski definition) is 2. The van der Waals surface area contributed by atoms with E-state index >= 15 is 0 Å². The van der Waals surface area contributed by atoms with Gasteiger partial charge in [-0.3, -0.25) is 4.79 Å². The molecule has 2 rings (SSSR count). The Labute approximate surface area is 109 Å². The van der Waals surface area contributed by atoms with Crippen LogP contribution in [0.15, 0.2) is 0 Å². The zero-order chi connectivity index (χ0) is 13.2. The van der Waals surface area contributed by atoms with Crippen molar-refractivity contribution in [1.82, 2.24) is 5.32 Å². The molecular formula is C14H25NO3. The van der Waals surface area contributed by atoms with Crippen molar-refractivity contribution in [2.75, 3.05) is 13.2 Å². The molecule has 0 radical (unpaired) electrons. The highest BCUT2D eigenvalue weighted by molar-refractivity contribution is 5.73. The van der Waals surface area contributed by atoms with Crippen molar-refractivity contribution < 1.29 is 14.6 Å². The van der Waals surface area contributed by atoms with Gasteiger partial charge in [-0.25, -0.2) is 0 Å². The molecule has 3 unspecified atom stereocenters. The Morgan fingerprint density at radius 2 is 2.17 bits per heavy atom. The second-order valence-electron chi connectivity index (χ2n) is 6.29. The summed E-state index contributed by atoms with van der Waals surface area (Å²) in [6, 6.07) is 0.524. The minimum absolute atomic E-state index is 0.448. The van der Waals surface area contributed by atoms with Gasteiger partial charge in [0.05, 0.1) is 11.5 Å². The molecule has 0 bridgehead atoms. The summed E-state index contributed by atoms with van der Waals surface area (Å²) in [7, 11) is 0. The molecule has 4 heteroatoms. The van der Waals surface area contributed by atoms with Crippen molar-refractivity contribution in [2.24, 2.45) is 11.3 Å². The van der Waals surface area contributed by atoms with Crippen molar-refractivity contribution in [2.45, 2.75) is 58.1 Å². The summed E-state index contributed by atoms with van der Waals surface area (Å²) in [4.78, 5) is 11.0. The number of carbonyl (C=O) groups is 1. The van der Waals surface area contributed by atoms with E-state index < -0.39 is 11.4 Å². The fourth-order valence-corrected chi connectivity index (χ4v) is 3.11. The van der Waals surface area contributed by atoms with E-state index in [2.05, 4.69) is 5.32 Å². The van der Waals surface area contributed by atoms with E-state index in [9.17, 15) is 4.79 Å². The number of hydrogen-bond acceptors (Lipinski definition) is 3. The summed E-state index contributed by atoms with van der Waals surface area (Å²) < 4.78 is 5.74. The van der Waals surface area contributed by atoms with Crippen LogP contribution in [0.3, 0.4) is 0 Å². The molecule has 0 aromatic heterocycles. The molecule has 1 saturated heterocycles. The van der Waals surface area contributed by atoms with Gasteiger partial charge in [0, 0.05) is 18.6 Å². The maximum atomic E-state index is 11.0. The molecule has 2 N–H and O–H groups in total. The Balaban J connectivity index is 1.78. The molecule has 2 aliphatic rings. The van der Waals surface area contributed by atoms with Crippen LogP contribution in [0.5, 0.6) is 0 Å². The predicted octanol–water partition coefficient (Wildman–Crippen LogP) is 2.03. The number of fused-ring (bicyclic) bond motifs is 1. The van der Waals surface area contributed by atoms with Gasteiger partial charge >= 0.3 is 5.97 Å². The summed E-state index contributed by atoms with van der Waals surface area (Å²) in [5, 5.41) is 12.6. The molecule has 104 valence electrons. The lowest BCUT2D eigenvalue weighted by Crippen LogP contribution is -2.44. The summed E-state index contributed by atoms with van der Waals surface area (Å²) in [6.07, 6.45) is 5.91. The van der Waals surface area contributed by atoms with Gasteiger partial charge in [-0.2, -0.15) is 0 Å². The highest BCUT2D eigenvalue weighted by Gasteiger charge is 2.37. The minimum Gasteiger partial charge on any atom is -0.481 e. The maximum absolute atomic E-state index is 11.0. The first-order chi connectivity index (χ1) is 8.50. The van der Waals surface area contributed by atoms with E-state index in [-0.39, 0.29) is 0 Å². The quantitative estimate of drug-likeness (QED) is 0.789. The molecule has 2 fully saturated rings. The number of nitrogens with one attached hydrogen (secondary N) is 1. The lowest BCUT2D eigenvalue weighted by atomic mass is 9.81. The van der Waals surface area contributed by atoms with Gasteiger partial charge in [0.2, 0.25) is 0 Å². The van der Waals surface area contributed by atoms with Crippen LogP contribution < -0.4 is 5.32 Å². The fourth-order valence-electron chi connectivity index (χ4n) is 3.11. The third-order valence-corrected chi connectivity index (χ3v) is 4.52. The normalized spacial score (nSPS) is 32.2. The molecule has 0 spiro atoms. The van der Waals surface area contributed by atoms with Crippen molar-refractivity contribution in [3.63, 3.8) is 0 Å². The first-order valence-electron chi connectivity index (χ1n) is 7.09. The number of carboxylic acid groups (broad SMARTS) is 1. The predicted molar refractivity (Wildman–Crippen MR) is 69.5 cm³/mol. The van der Waals surface area contributed by atoms with Gasteiger partial charge in [-0.15, -0.1) is 0 Å². The topological polar surface area (TPSA) is 58.6 Å². The summed E-state index contributed by atoms with van der Waals surface area (Å²) >= 11 is 0. The highest BCUT2D eigenvalue weighted by atomic mass is 16.5. The summed E-state index contributed by atoms with van der Waals surface area (Å²) in [6.45, 7) is 5.26. The Bertz CT molecular complexity index is 303. The van der Waals surface area contributed by atoms with E-state index in [0.717, 1.165) is 19.6 Å². The molecule has 1 aliphatic carbocycles. The van der Waals surface area contributed by atoms with E-state index in [1.54, 1.807) is 13.8 Å². The lowest BCUT2D eigenvalue weighted by molar-refractivity contribution is -0.147. The second-order valence-corrected chi connectivity index (χ2v) is 6.29. The summed E-state index contributed by atoms with van der Waals surface area (Å²) in [5.41, 5.74) is -0.632. The van der Waals surface area contributed by atoms with E-state index in [0.29, 0.717) is 24.5 Å². The highest BCUT2D eigenvalue weighted by Crippen LogP contribution is 2.34. The average Bonchev–Trinajstić information content (AvgIpc) is 2.77. The van der Waals surface area contributed by atoms with Crippen LogP contribution >= 0.6 is 0 Å². The van der Waals surface area contributed by atoms with Crippen LogP contribution in [0.1, 0.15) is 46.0 Å². The van der Waals surface area contributed by atoms with E-state index in [4.69, 9.17) is 9.84 Å². The van der Waals surface area contributed by atoms with Crippen molar-refractivity contribution in [1.29, 1.82) is 0 Å². The summed E-state index contributed by atoms with van der Waals surface area (Å²) in [5.74, 6) is -0.0679. The van der Waals surface area contributed by atoms with Gasteiger partial charge in [0.25, 0.3) is 0 Å². The zero-order valence-corrected chi connectivity index (χ0v) is 11.4. The van der Waals surface area contributed by atoms with Crippen molar-refractivity contribution in [3.8, 4) is 0 Å². The van der Waals surface area contributed by atoms with Crippen LogP contribution in [0.25, 0.3) is 0 Å². The number of aliphatic carboxylic acids is 1. The second kappa shape index (κ2) is 5.57. The first-order valence-corrected chi connectivity index (χ1v) is 7.09. The largest absolute Gasteiger partial charge is 0.481 e. The average molecular weight is 255 g/mol. The molecule has 0 amide bonds. The Morgan fingerprint density at radius 3 is 2.89 bits per heavy atom. The molecule has 4 nitrogen and oxygen atoms in total. The molecule has 0 aromatic carbocycles. The van der Waals surface area contributed by atoms with Gasteiger partial charge in [-0.05, 0) is 52.5 Å². The SMILES string of the molecule is CC(C)(CCNC1CCCC2OCCC12)C(=O)O. The van der Waals surface area contributed by atoms with Gasteiger partial charge in [0.15, 0.2) is 0 Å². The number of carboxylic acids is 1. The monoisotopic (exact) mass is 255 g/mol. The zero-order valence-electron chi connectivity index (χ0n) is 11.4. The molecule has 18 heavy (non-hydrogen) atoms. The van der Waals surface area contributed by atoms with Gasteiger partial charge in [-0.1, -0.05) is 0 Å². The van der Waals surface area contributed by atoms with E-state index in [1.165, 1.54) is 19.3 Å². The Hall–Kier alpha value is -0.610. The lowest BCUT2D eigenvalue weighted by Gasteiger charge is -2.34. The number of rotatable bonds is 5. The molecule has 1 heterocycles. The molecule has 1 aliphatic heterocycles. The van der Waals surface area contributed by atoms with Gasteiger partial charge in [0.1, 0.15) is 0 Å². The van der Waals surface area contributed by atoms with Crippen molar-refractivity contribution >= 4 is 5.97 Å². The third-order valence-electron chi connectivity index (χ3n) is 4.52. The maximum Gasteiger partial charge on any atom is 0.309 e. The minimum atomic E-state index is -0.713. The Kier molecular flexibility index (Phi) is 4.28. The van der Waals surface area contributed by atoms with Crippen LogP contribution in [-0.2, 0) is 9.53 Å². The standard InChI is InChI=1S/C14H25NO3/c1-14(2,13(16)17)7-8-15-11-4-3-5-12-10(11)6-9-18-12/h10-12,15H,3-9H2,1-2H3,(H,16,17). The van der Waals surface area contributed by atoms with Crippen LogP contribution in [0.2, 0.25) is 0 Å². The molecular weight excluding hydrogens is 230 g/mol. The Morgan fingerprint density at radius 1 is 1.39 bits per heavy atom. The smallest absolute Gasteiger partial charge is 0.309 e. The molecule has 1 saturated carbocycles. The van der Waals surface area contributed by atoms with E-state index in [1.807, 2.05) is 0 Å². The van der Waals surface area contributed by atoms with Crippen LogP contribution in [0, 0.1) is 11.3 Å². The first kappa shape index (κ1) is 13.8.